The van der Waals surface area contributed by atoms with E-state index in [9.17, 15) is 9.59 Å². The number of halogens is 1. The average molecular weight is 410 g/mol. The van der Waals surface area contributed by atoms with Crippen molar-refractivity contribution in [2.75, 3.05) is 24.8 Å². The maximum atomic E-state index is 12.6. The summed E-state index contributed by atoms with van der Waals surface area (Å²) in [5.41, 5.74) is 1.08. The summed E-state index contributed by atoms with van der Waals surface area (Å²) in [5, 5.41) is 5.56. The molecule has 0 atom stereocenters. The smallest absolute Gasteiger partial charge is 0.272 e. The normalized spacial score (nSPS) is 11.0. The lowest BCUT2D eigenvalue weighted by molar-refractivity contribution is -0.113. The minimum Gasteiger partial charge on any atom is -0.383 e. The van der Waals surface area contributed by atoms with Gasteiger partial charge in [0.05, 0.1) is 35.1 Å². The zero-order valence-corrected chi connectivity index (χ0v) is 16.3. The van der Waals surface area contributed by atoms with E-state index >= 15 is 0 Å². The molecule has 26 heavy (non-hydrogen) atoms. The van der Waals surface area contributed by atoms with Crippen molar-refractivity contribution in [2.24, 2.45) is 0 Å². The van der Waals surface area contributed by atoms with E-state index in [-0.39, 0.29) is 17.2 Å². The standard InChI is InChI=1S/C17H16ClN3O3S2/c1-24-8-7-21-16(23)15-13(6-9-25-15)20-17(21)26-10-14(22)19-12-5-3-2-4-11(12)18/h2-6,9H,7-8,10H2,1H3,(H,19,22). The number of ether oxygens (including phenoxy) is 1. The minimum absolute atomic E-state index is 0.111. The van der Waals surface area contributed by atoms with Crippen molar-refractivity contribution in [3.8, 4) is 0 Å². The molecule has 0 aliphatic rings. The molecule has 0 aliphatic carbocycles. The van der Waals surface area contributed by atoms with E-state index in [4.69, 9.17) is 16.3 Å². The van der Waals surface area contributed by atoms with Gasteiger partial charge >= 0.3 is 0 Å². The summed E-state index contributed by atoms with van der Waals surface area (Å²) < 4.78 is 7.23. The molecule has 2 heterocycles. The van der Waals surface area contributed by atoms with Gasteiger partial charge in [-0.3, -0.25) is 14.2 Å². The van der Waals surface area contributed by atoms with E-state index in [0.717, 1.165) is 0 Å². The fraction of sp³-hybridized carbons (Fsp3) is 0.235. The Balaban J connectivity index is 1.78. The van der Waals surface area contributed by atoms with Gasteiger partial charge in [-0.15, -0.1) is 11.3 Å². The van der Waals surface area contributed by atoms with Crippen LogP contribution in [0.25, 0.3) is 10.2 Å². The zero-order chi connectivity index (χ0) is 18.5. The molecule has 3 aromatic rings. The lowest BCUT2D eigenvalue weighted by Gasteiger charge is -2.12. The predicted molar refractivity (Wildman–Crippen MR) is 107 cm³/mol. The van der Waals surface area contributed by atoms with Crippen LogP contribution in [0.5, 0.6) is 0 Å². The number of carbonyl (C=O) groups excluding carboxylic acids is 1. The van der Waals surface area contributed by atoms with Crippen LogP contribution in [0.4, 0.5) is 5.69 Å². The average Bonchev–Trinajstić information content (AvgIpc) is 3.10. The van der Waals surface area contributed by atoms with E-state index in [2.05, 4.69) is 10.3 Å². The molecule has 0 spiro atoms. The zero-order valence-electron chi connectivity index (χ0n) is 13.9. The van der Waals surface area contributed by atoms with E-state index in [1.54, 1.807) is 42.0 Å². The van der Waals surface area contributed by atoms with Gasteiger partial charge in [-0.25, -0.2) is 4.98 Å². The molecule has 0 aliphatic heterocycles. The molecule has 3 rings (SSSR count). The molecule has 1 aromatic carbocycles. The molecule has 0 radical (unpaired) electrons. The third kappa shape index (κ3) is 4.27. The van der Waals surface area contributed by atoms with Crippen LogP contribution in [0.15, 0.2) is 45.7 Å². The van der Waals surface area contributed by atoms with Gasteiger partial charge in [0, 0.05) is 7.11 Å². The van der Waals surface area contributed by atoms with Crippen molar-refractivity contribution >= 4 is 56.5 Å². The van der Waals surface area contributed by atoms with Gasteiger partial charge in [0.2, 0.25) is 5.91 Å². The second-order valence-electron chi connectivity index (χ2n) is 5.30. The highest BCUT2D eigenvalue weighted by atomic mass is 35.5. The Labute approximate surface area is 163 Å². The number of nitrogens with zero attached hydrogens (tertiary/aromatic N) is 2. The first-order valence-electron chi connectivity index (χ1n) is 7.74. The van der Waals surface area contributed by atoms with Crippen LogP contribution < -0.4 is 10.9 Å². The molecular formula is C17H16ClN3O3S2. The molecule has 2 aromatic heterocycles. The Bertz CT molecular complexity index is 987. The van der Waals surface area contributed by atoms with E-state index in [1.165, 1.54) is 23.1 Å². The quantitative estimate of drug-likeness (QED) is 0.477. The van der Waals surface area contributed by atoms with Crippen LogP contribution in [0.2, 0.25) is 5.02 Å². The molecule has 0 fully saturated rings. The minimum atomic E-state index is -0.221. The Morgan fingerprint density at radius 2 is 2.19 bits per heavy atom. The fourth-order valence-electron chi connectivity index (χ4n) is 2.29. The van der Waals surface area contributed by atoms with E-state index < -0.39 is 0 Å². The predicted octanol–water partition coefficient (Wildman–Crippen LogP) is 3.49. The van der Waals surface area contributed by atoms with Gasteiger partial charge in [-0.05, 0) is 23.6 Å². The number of para-hydroxylation sites is 1. The molecular weight excluding hydrogens is 394 g/mol. The number of carbonyl (C=O) groups is 1. The monoisotopic (exact) mass is 409 g/mol. The van der Waals surface area contributed by atoms with Crippen LogP contribution in [0.3, 0.4) is 0 Å². The number of rotatable bonds is 7. The number of hydrogen-bond donors (Lipinski definition) is 1. The van der Waals surface area contributed by atoms with Gasteiger partial charge < -0.3 is 10.1 Å². The van der Waals surface area contributed by atoms with Gasteiger partial charge in [0.1, 0.15) is 4.70 Å². The third-order valence-corrected chi connectivity index (χ3v) is 5.73. The number of hydrogen-bond acceptors (Lipinski definition) is 6. The first-order chi connectivity index (χ1) is 12.6. The molecule has 1 N–H and O–H groups in total. The Morgan fingerprint density at radius 3 is 2.96 bits per heavy atom. The fourth-order valence-corrected chi connectivity index (χ4v) is 4.08. The molecule has 1 amide bonds. The Hall–Kier alpha value is -1.87. The van der Waals surface area contributed by atoms with Crippen molar-refractivity contribution in [3.05, 3.63) is 51.1 Å². The number of fused-ring (bicyclic) bond motifs is 1. The molecule has 6 nitrogen and oxygen atoms in total. The van der Waals surface area contributed by atoms with Gasteiger partial charge in [0.15, 0.2) is 5.16 Å². The number of anilines is 1. The molecule has 136 valence electrons. The Kier molecular flexibility index (Phi) is 6.31. The molecule has 0 unspecified atom stereocenters. The van der Waals surface area contributed by atoms with Crippen LogP contribution in [0, 0.1) is 0 Å². The maximum Gasteiger partial charge on any atom is 0.272 e. The van der Waals surface area contributed by atoms with Crippen molar-refractivity contribution in [2.45, 2.75) is 11.7 Å². The third-order valence-electron chi connectivity index (χ3n) is 3.53. The lowest BCUT2D eigenvalue weighted by Crippen LogP contribution is -2.25. The van der Waals surface area contributed by atoms with Crippen LogP contribution >= 0.6 is 34.7 Å². The summed E-state index contributed by atoms with van der Waals surface area (Å²) in [6.45, 7) is 0.766. The summed E-state index contributed by atoms with van der Waals surface area (Å²) in [4.78, 5) is 29.4. The second-order valence-corrected chi connectivity index (χ2v) is 7.56. The van der Waals surface area contributed by atoms with Crippen LogP contribution in [-0.4, -0.2) is 34.9 Å². The molecule has 0 saturated heterocycles. The van der Waals surface area contributed by atoms with E-state index in [1.807, 2.05) is 5.38 Å². The summed E-state index contributed by atoms with van der Waals surface area (Å²) in [5.74, 6) is -0.110. The SMILES string of the molecule is COCCn1c(SCC(=O)Nc2ccccc2Cl)nc2ccsc2c1=O. The summed E-state index contributed by atoms with van der Waals surface area (Å²) in [7, 11) is 1.58. The van der Waals surface area contributed by atoms with Crippen LogP contribution in [0.1, 0.15) is 0 Å². The van der Waals surface area contributed by atoms with Crippen LogP contribution in [-0.2, 0) is 16.1 Å². The first-order valence-corrected chi connectivity index (χ1v) is 9.98. The number of nitrogens with one attached hydrogen (secondary N) is 1. The number of thioether (sulfide) groups is 1. The highest BCUT2D eigenvalue weighted by Gasteiger charge is 2.14. The van der Waals surface area contributed by atoms with Crippen molar-refractivity contribution in [1.29, 1.82) is 0 Å². The van der Waals surface area contributed by atoms with Crippen molar-refractivity contribution < 1.29 is 9.53 Å². The highest BCUT2D eigenvalue weighted by Crippen LogP contribution is 2.23. The Morgan fingerprint density at radius 1 is 1.38 bits per heavy atom. The molecule has 0 saturated carbocycles. The van der Waals surface area contributed by atoms with Crippen molar-refractivity contribution in [1.82, 2.24) is 9.55 Å². The largest absolute Gasteiger partial charge is 0.383 e. The van der Waals surface area contributed by atoms with Crippen molar-refractivity contribution in [3.63, 3.8) is 0 Å². The van der Waals surface area contributed by atoms with Gasteiger partial charge in [-0.2, -0.15) is 0 Å². The number of benzene rings is 1. The topological polar surface area (TPSA) is 73.2 Å². The number of methoxy groups -OCH3 is 1. The summed E-state index contributed by atoms with van der Waals surface area (Å²) in [6.07, 6.45) is 0. The highest BCUT2D eigenvalue weighted by molar-refractivity contribution is 7.99. The first kappa shape index (κ1) is 18.9. The second kappa shape index (κ2) is 8.68. The summed E-state index contributed by atoms with van der Waals surface area (Å²) in [6, 6.07) is 8.83. The summed E-state index contributed by atoms with van der Waals surface area (Å²) >= 11 is 8.62. The van der Waals surface area contributed by atoms with Gasteiger partial charge in [-0.1, -0.05) is 35.5 Å². The number of aromatic nitrogens is 2. The number of thiophene rings is 1. The van der Waals surface area contributed by atoms with Gasteiger partial charge in [0.25, 0.3) is 5.56 Å². The lowest BCUT2D eigenvalue weighted by atomic mass is 10.3. The van der Waals surface area contributed by atoms with E-state index in [0.29, 0.717) is 39.2 Å². The number of amides is 1. The maximum absolute atomic E-state index is 12.6. The molecule has 0 bridgehead atoms. The molecule has 9 heteroatoms.